The molecule has 0 aromatic carbocycles. The Morgan fingerprint density at radius 2 is 2.27 bits per heavy atom. The van der Waals surface area contributed by atoms with Crippen LogP contribution in [0.1, 0.15) is 0 Å². The van der Waals surface area contributed by atoms with E-state index in [1.54, 1.807) is 0 Å². The largest absolute Gasteiger partial charge is 0.379 e. The van der Waals surface area contributed by atoms with Gasteiger partial charge in [-0.3, -0.25) is 4.90 Å². The van der Waals surface area contributed by atoms with Gasteiger partial charge >= 0.3 is 0 Å². The van der Waals surface area contributed by atoms with Gasteiger partial charge in [0.15, 0.2) is 0 Å². The zero-order valence-corrected chi connectivity index (χ0v) is 8.89. The summed E-state index contributed by atoms with van der Waals surface area (Å²) in [7, 11) is 0. The standard InChI is InChI=1S/C10H18N3O2/c14-8-10(9-7-11-1-2-12-9)13-3-5-15-6-4-13/h8-11H,1-7H2. The van der Waals surface area contributed by atoms with E-state index in [0.29, 0.717) is 0 Å². The molecule has 0 saturated carbocycles. The minimum absolute atomic E-state index is 0.0679. The SMILES string of the molecule is O=CC(C1CNCC[N]1)N1CCOCC1. The van der Waals surface area contributed by atoms with Crippen LogP contribution in [-0.4, -0.2) is 69.2 Å². The number of piperazine rings is 1. The first-order chi connectivity index (χ1) is 7.42. The summed E-state index contributed by atoms with van der Waals surface area (Å²) in [5.41, 5.74) is 0. The van der Waals surface area contributed by atoms with Crippen LogP contribution < -0.4 is 10.6 Å². The smallest absolute Gasteiger partial charge is 0.138 e. The molecule has 1 radical (unpaired) electrons. The molecule has 2 unspecified atom stereocenters. The van der Waals surface area contributed by atoms with Gasteiger partial charge in [0.2, 0.25) is 0 Å². The Labute approximate surface area is 90.1 Å². The topological polar surface area (TPSA) is 55.7 Å². The fraction of sp³-hybridized carbons (Fsp3) is 0.900. The molecule has 0 aromatic rings. The van der Waals surface area contributed by atoms with Crippen molar-refractivity contribution >= 4 is 6.29 Å². The predicted molar refractivity (Wildman–Crippen MR) is 55.9 cm³/mol. The van der Waals surface area contributed by atoms with Gasteiger partial charge in [0, 0.05) is 32.7 Å². The Morgan fingerprint density at radius 3 is 2.87 bits per heavy atom. The Hall–Kier alpha value is -0.490. The van der Waals surface area contributed by atoms with Crippen LogP contribution in [0.15, 0.2) is 0 Å². The van der Waals surface area contributed by atoms with Gasteiger partial charge in [0.1, 0.15) is 6.29 Å². The van der Waals surface area contributed by atoms with Gasteiger partial charge < -0.3 is 14.8 Å². The molecular formula is C10H18N3O2. The number of carbonyl (C=O) groups is 1. The molecule has 0 aliphatic carbocycles. The summed E-state index contributed by atoms with van der Waals surface area (Å²) >= 11 is 0. The van der Waals surface area contributed by atoms with Gasteiger partial charge in [-0.1, -0.05) is 0 Å². The van der Waals surface area contributed by atoms with Crippen LogP contribution in [0.2, 0.25) is 0 Å². The lowest BCUT2D eigenvalue weighted by atomic mass is 10.1. The van der Waals surface area contributed by atoms with E-state index in [2.05, 4.69) is 15.5 Å². The Bertz CT molecular complexity index is 183. The first kappa shape index (κ1) is 11.0. The molecule has 0 bridgehead atoms. The monoisotopic (exact) mass is 212 g/mol. The van der Waals surface area contributed by atoms with Gasteiger partial charge in [-0.2, -0.15) is 0 Å². The van der Waals surface area contributed by atoms with Crippen molar-refractivity contribution in [3.8, 4) is 0 Å². The minimum Gasteiger partial charge on any atom is -0.379 e. The van der Waals surface area contributed by atoms with Crippen LogP contribution in [0.25, 0.3) is 0 Å². The maximum absolute atomic E-state index is 11.1. The van der Waals surface area contributed by atoms with Crippen molar-refractivity contribution in [2.24, 2.45) is 0 Å². The molecule has 2 saturated heterocycles. The molecule has 1 N–H and O–H groups in total. The quantitative estimate of drug-likeness (QED) is 0.576. The molecule has 2 aliphatic heterocycles. The molecular weight excluding hydrogens is 194 g/mol. The van der Waals surface area contributed by atoms with Gasteiger partial charge in [0.25, 0.3) is 0 Å². The maximum Gasteiger partial charge on any atom is 0.138 e. The first-order valence-electron chi connectivity index (χ1n) is 5.56. The van der Waals surface area contributed by atoms with Gasteiger partial charge in [-0.25, -0.2) is 5.32 Å². The average molecular weight is 212 g/mol. The zero-order valence-electron chi connectivity index (χ0n) is 8.89. The van der Waals surface area contributed by atoms with Crippen LogP contribution >= 0.6 is 0 Å². The normalized spacial score (nSPS) is 31.1. The molecule has 2 rings (SSSR count). The highest BCUT2D eigenvalue weighted by molar-refractivity contribution is 5.59. The Morgan fingerprint density at radius 1 is 1.47 bits per heavy atom. The summed E-state index contributed by atoms with van der Waals surface area (Å²) < 4.78 is 5.28. The number of morpholine rings is 1. The van der Waals surface area contributed by atoms with Crippen molar-refractivity contribution in [1.29, 1.82) is 0 Å². The van der Waals surface area contributed by atoms with Crippen molar-refractivity contribution in [3.05, 3.63) is 0 Å². The predicted octanol–water partition coefficient (Wildman–Crippen LogP) is -1.54. The van der Waals surface area contributed by atoms with E-state index < -0.39 is 0 Å². The van der Waals surface area contributed by atoms with Gasteiger partial charge in [0.05, 0.1) is 25.3 Å². The van der Waals surface area contributed by atoms with Crippen LogP contribution in [0, 0.1) is 0 Å². The second kappa shape index (κ2) is 5.55. The second-order valence-corrected chi connectivity index (χ2v) is 3.95. The summed E-state index contributed by atoms with van der Waals surface area (Å²) in [5.74, 6) is 0. The third-order valence-corrected chi connectivity index (χ3v) is 3.01. The van der Waals surface area contributed by atoms with Crippen molar-refractivity contribution in [2.45, 2.75) is 12.1 Å². The summed E-state index contributed by atoms with van der Waals surface area (Å²) in [4.78, 5) is 13.3. The van der Waals surface area contributed by atoms with Crippen LogP contribution in [0.5, 0.6) is 0 Å². The van der Waals surface area contributed by atoms with Crippen molar-refractivity contribution in [1.82, 2.24) is 15.5 Å². The number of carbonyl (C=O) groups excluding carboxylic acids is 1. The molecule has 2 fully saturated rings. The molecule has 2 atom stereocenters. The minimum atomic E-state index is -0.0679. The molecule has 0 spiro atoms. The highest BCUT2D eigenvalue weighted by Crippen LogP contribution is 2.08. The lowest BCUT2D eigenvalue weighted by Crippen LogP contribution is -2.58. The average Bonchev–Trinajstić information content (AvgIpc) is 2.33. The Balaban J connectivity index is 1.91. The molecule has 5 heteroatoms. The lowest BCUT2D eigenvalue weighted by Gasteiger charge is -2.37. The number of hydrogen-bond donors (Lipinski definition) is 1. The number of aldehydes is 1. The molecule has 5 nitrogen and oxygen atoms in total. The van der Waals surface area contributed by atoms with Crippen molar-refractivity contribution in [3.63, 3.8) is 0 Å². The van der Waals surface area contributed by atoms with E-state index >= 15 is 0 Å². The third-order valence-electron chi connectivity index (χ3n) is 3.01. The third kappa shape index (κ3) is 2.75. The molecule has 85 valence electrons. The second-order valence-electron chi connectivity index (χ2n) is 3.95. The van der Waals surface area contributed by atoms with Crippen LogP contribution in [-0.2, 0) is 9.53 Å². The van der Waals surface area contributed by atoms with Crippen molar-refractivity contribution in [2.75, 3.05) is 45.9 Å². The highest BCUT2D eigenvalue weighted by atomic mass is 16.5. The Kier molecular flexibility index (Phi) is 4.08. The lowest BCUT2D eigenvalue weighted by molar-refractivity contribution is -0.115. The summed E-state index contributed by atoms with van der Waals surface area (Å²) in [6.07, 6.45) is 1.03. The van der Waals surface area contributed by atoms with Gasteiger partial charge in [-0.15, -0.1) is 0 Å². The fourth-order valence-corrected chi connectivity index (χ4v) is 2.15. The van der Waals surface area contributed by atoms with E-state index in [0.717, 1.165) is 52.2 Å². The van der Waals surface area contributed by atoms with E-state index in [1.807, 2.05) is 0 Å². The highest BCUT2D eigenvalue weighted by Gasteiger charge is 2.29. The fourth-order valence-electron chi connectivity index (χ4n) is 2.15. The zero-order chi connectivity index (χ0) is 10.5. The van der Waals surface area contributed by atoms with E-state index in [-0.39, 0.29) is 12.1 Å². The van der Waals surface area contributed by atoms with Crippen LogP contribution in [0.4, 0.5) is 0 Å². The number of ether oxygens (including phenoxy) is 1. The molecule has 0 aromatic heterocycles. The van der Waals surface area contributed by atoms with Crippen LogP contribution in [0.3, 0.4) is 0 Å². The van der Waals surface area contributed by atoms with Crippen molar-refractivity contribution < 1.29 is 9.53 Å². The summed E-state index contributed by atoms with van der Waals surface area (Å²) in [6.45, 7) is 5.71. The van der Waals surface area contributed by atoms with Gasteiger partial charge in [-0.05, 0) is 0 Å². The summed E-state index contributed by atoms with van der Waals surface area (Å²) in [5, 5.41) is 7.78. The molecule has 2 aliphatic rings. The molecule has 0 amide bonds. The number of rotatable bonds is 3. The maximum atomic E-state index is 11.1. The number of nitrogens with one attached hydrogen (secondary N) is 1. The first-order valence-corrected chi connectivity index (χ1v) is 5.56. The van der Waals surface area contributed by atoms with E-state index in [4.69, 9.17) is 4.74 Å². The number of nitrogens with zero attached hydrogens (tertiary/aromatic N) is 2. The summed E-state index contributed by atoms with van der Waals surface area (Å²) in [6, 6.07) is 0.0519. The van der Waals surface area contributed by atoms with E-state index in [1.165, 1.54) is 0 Å². The molecule has 15 heavy (non-hydrogen) atoms. The number of hydrogen-bond acceptors (Lipinski definition) is 4. The molecule has 2 heterocycles. The van der Waals surface area contributed by atoms with E-state index in [9.17, 15) is 4.79 Å².